The van der Waals surface area contributed by atoms with Crippen molar-refractivity contribution in [3.63, 3.8) is 0 Å². The molecule has 0 radical (unpaired) electrons. The summed E-state index contributed by atoms with van der Waals surface area (Å²) in [6.45, 7) is 0. The average Bonchev–Trinajstić information content (AvgIpc) is 3.30. The van der Waals surface area contributed by atoms with E-state index < -0.39 is 12.1 Å². The third kappa shape index (κ3) is 1.99. The Labute approximate surface area is 144 Å². The fourth-order valence-electron chi connectivity index (χ4n) is 3.95. The summed E-state index contributed by atoms with van der Waals surface area (Å²) in [5, 5.41) is 3.57. The van der Waals surface area contributed by atoms with E-state index in [0.717, 1.165) is 23.0 Å². The molecule has 1 N–H and O–H groups in total. The van der Waals surface area contributed by atoms with E-state index in [1.165, 1.54) is 5.56 Å². The van der Waals surface area contributed by atoms with Crippen LogP contribution in [0.1, 0.15) is 11.6 Å². The number of amides is 2. The number of para-hydroxylation sites is 2. The second-order valence-corrected chi connectivity index (χ2v) is 6.45. The minimum Gasteiger partial charge on any atom is -0.329 e. The number of imide groups is 1. The Hall–Kier alpha value is -3.21. The van der Waals surface area contributed by atoms with Crippen molar-refractivity contribution in [1.82, 2.24) is 9.88 Å². The topological polar surface area (TPSA) is 54.1 Å². The number of rotatable bonds is 2. The molecule has 5 nitrogen and oxygen atoms in total. The van der Waals surface area contributed by atoms with E-state index in [9.17, 15) is 9.59 Å². The number of nitrogens with one attached hydrogen (secondary N) is 1. The van der Waals surface area contributed by atoms with Crippen molar-refractivity contribution in [2.75, 3.05) is 0 Å². The summed E-state index contributed by atoms with van der Waals surface area (Å²) in [5.74, 6) is -0.505. The minimum atomic E-state index is -0.588. The van der Waals surface area contributed by atoms with Gasteiger partial charge in [-0.15, -0.1) is 0 Å². The molecule has 3 heterocycles. The minimum absolute atomic E-state index is 0.249. The maximum atomic E-state index is 12.6. The summed E-state index contributed by atoms with van der Waals surface area (Å²) in [6, 6.07) is 16.7. The number of fused-ring (bicyclic) bond motifs is 2. The highest BCUT2D eigenvalue weighted by atomic mass is 16.2. The fraction of sp³-hybridized carbons (Fsp3) is 0.150. The first kappa shape index (κ1) is 14.2. The van der Waals surface area contributed by atoms with Crippen molar-refractivity contribution in [3.05, 3.63) is 66.4 Å². The number of hydrogen-bond donors (Lipinski definition) is 1. The van der Waals surface area contributed by atoms with Crippen molar-refractivity contribution in [1.29, 1.82) is 0 Å². The Bertz CT molecular complexity index is 1060. The lowest BCUT2D eigenvalue weighted by Gasteiger charge is -2.16. The summed E-state index contributed by atoms with van der Waals surface area (Å²) in [6.07, 6.45) is 4.67. The predicted octanol–water partition coefficient (Wildman–Crippen LogP) is 2.18. The van der Waals surface area contributed by atoms with Gasteiger partial charge in [-0.3, -0.25) is 14.9 Å². The maximum absolute atomic E-state index is 12.6. The first-order valence-electron chi connectivity index (χ1n) is 8.34. The average molecular weight is 330 g/mol. The third-order valence-electron chi connectivity index (χ3n) is 5.09. The van der Waals surface area contributed by atoms with Gasteiger partial charge >= 0.3 is 0 Å². The van der Waals surface area contributed by atoms with Crippen LogP contribution in [-0.4, -0.2) is 33.2 Å². The Morgan fingerprint density at radius 1 is 0.960 bits per heavy atom. The van der Waals surface area contributed by atoms with Gasteiger partial charge in [0.15, 0.2) is 12.3 Å². The summed E-state index contributed by atoms with van der Waals surface area (Å²) < 4.78 is 3.87. The molecule has 2 atom stereocenters. The molecular formula is C20H16N3O2+. The molecule has 2 unspecified atom stereocenters. The lowest BCUT2D eigenvalue weighted by atomic mass is 10.1. The molecule has 0 saturated carbocycles. The summed E-state index contributed by atoms with van der Waals surface area (Å²) in [5.41, 5.74) is 3.12. The molecule has 25 heavy (non-hydrogen) atoms. The van der Waals surface area contributed by atoms with Gasteiger partial charge in [-0.25, -0.2) is 0 Å². The van der Waals surface area contributed by atoms with Gasteiger partial charge in [0.2, 0.25) is 5.69 Å². The van der Waals surface area contributed by atoms with Crippen LogP contribution in [0.4, 0.5) is 5.69 Å². The zero-order valence-electron chi connectivity index (χ0n) is 13.4. The zero-order valence-corrected chi connectivity index (χ0v) is 13.4. The van der Waals surface area contributed by atoms with E-state index in [0.29, 0.717) is 0 Å². The number of aromatic nitrogens is 1. The lowest BCUT2D eigenvalue weighted by molar-refractivity contribution is -0.466. The second-order valence-electron chi connectivity index (χ2n) is 6.45. The van der Waals surface area contributed by atoms with Gasteiger partial charge in [0, 0.05) is 23.3 Å². The highest BCUT2D eigenvalue weighted by molar-refractivity contribution is 6.08. The maximum Gasteiger partial charge on any atom is 0.298 e. The van der Waals surface area contributed by atoms with E-state index in [2.05, 4.69) is 11.4 Å². The van der Waals surface area contributed by atoms with Gasteiger partial charge in [0.1, 0.15) is 0 Å². The van der Waals surface area contributed by atoms with Crippen LogP contribution in [0.15, 0.2) is 60.8 Å². The number of benzene rings is 2. The number of nitrogens with zero attached hydrogens (tertiary/aromatic N) is 2. The van der Waals surface area contributed by atoms with Crippen LogP contribution in [0, 0.1) is 0 Å². The van der Waals surface area contributed by atoms with Crippen LogP contribution in [0.2, 0.25) is 0 Å². The first-order chi connectivity index (χ1) is 12.2. The predicted molar refractivity (Wildman–Crippen MR) is 94.0 cm³/mol. The Morgan fingerprint density at radius 3 is 2.68 bits per heavy atom. The van der Waals surface area contributed by atoms with Gasteiger partial charge in [0.25, 0.3) is 17.9 Å². The quantitative estimate of drug-likeness (QED) is 0.578. The van der Waals surface area contributed by atoms with Gasteiger partial charge in [-0.1, -0.05) is 36.4 Å². The van der Waals surface area contributed by atoms with E-state index in [1.54, 1.807) is 0 Å². The van der Waals surface area contributed by atoms with Gasteiger partial charge in [-0.05, 0) is 17.5 Å². The molecule has 1 saturated heterocycles. The van der Waals surface area contributed by atoms with Crippen molar-refractivity contribution in [2.45, 2.75) is 18.5 Å². The number of hydrogen-bond acceptors (Lipinski definition) is 2. The smallest absolute Gasteiger partial charge is 0.298 e. The standard InChI is InChI=1S/C20H15N3O2/c24-19-17(22-11-9-13-5-1-3-7-15(13)22)18(20(25)21-19)23-12-10-14-6-2-4-8-16(14)23/h1-9,11-12,17-18H,10H2/p+1. The zero-order chi connectivity index (χ0) is 17.0. The molecule has 5 heteroatoms. The molecule has 1 fully saturated rings. The molecule has 0 aliphatic carbocycles. The van der Waals surface area contributed by atoms with Crippen LogP contribution < -0.4 is 5.32 Å². The molecule has 2 amide bonds. The highest BCUT2D eigenvalue weighted by Gasteiger charge is 2.52. The van der Waals surface area contributed by atoms with E-state index >= 15 is 0 Å². The van der Waals surface area contributed by atoms with E-state index in [4.69, 9.17) is 0 Å². The molecule has 5 rings (SSSR count). The molecule has 0 bridgehead atoms. The van der Waals surface area contributed by atoms with Crippen molar-refractivity contribution in [3.8, 4) is 0 Å². The molecule has 2 aliphatic heterocycles. The fourth-order valence-corrected chi connectivity index (χ4v) is 3.95. The summed E-state index contributed by atoms with van der Waals surface area (Å²) in [4.78, 5) is 25.2. The molecule has 0 spiro atoms. The van der Waals surface area contributed by atoms with Crippen molar-refractivity contribution in [2.24, 2.45) is 0 Å². The molecular weight excluding hydrogens is 314 g/mol. The second kappa shape index (κ2) is 5.14. The summed E-state index contributed by atoms with van der Waals surface area (Å²) >= 11 is 0. The van der Waals surface area contributed by atoms with Crippen LogP contribution in [0.5, 0.6) is 0 Å². The van der Waals surface area contributed by atoms with Gasteiger partial charge < -0.3 is 4.57 Å². The SMILES string of the molecule is O=C1NC(=O)C([N+]2=CCc3ccccc32)C1n1ccc2ccccc21. The van der Waals surface area contributed by atoms with Crippen LogP contribution in [0.25, 0.3) is 10.9 Å². The van der Waals surface area contributed by atoms with E-state index in [-0.39, 0.29) is 11.8 Å². The van der Waals surface area contributed by atoms with Crippen LogP contribution >= 0.6 is 0 Å². The van der Waals surface area contributed by atoms with Crippen LogP contribution in [-0.2, 0) is 16.0 Å². The molecule has 2 aromatic carbocycles. The molecule has 2 aliphatic rings. The molecule has 122 valence electrons. The number of carbonyl (C=O) groups is 2. The number of carbonyl (C=O) groups excluding carboxylic acids is 2. The molecule has 3 aromatic rings. The lowest BCUT2D eigenvalue weighted by Crippen LogP contribution is -2.35. The Balaban J connectivity index is 1.66. The summed E-state index contributed by atoms with van der Waals surface area (Å²) in [7, 11) is 0. The molecule has 1 aromatic heterocycles. The normalized spacial score (nSPS) is 22.2. The largest absolute Gasteiger partial charge is 0.329 e. The first-order valence-corrected chi connectivity index (χ1v) is 8.34. The van der Waals surface area contributed by atoms with Crippen molar-refractivity contribution < 1.29 is 14.2 Å². The van der Waals surface area contributed by atoms with E-state index in [1.807, 2.05) is 70.1 Å². The third-order valence-corrected chi connectivity index (χ3v) is 5.09. The Morgan fingerprint density at radius 2 is 1.76 bits per heavy atom. The van der Waals surface area contributed by atoms with Crippen LogP contribution in [0.3, 0.4) is 0 Å². The Kier molecular flexibility index (Phi) is 2.91. The van der Waals surface area contributed by atoms with Gasteiger partial charge in [0.05, 0.1) is 6.42 Å². The van der Waals surface area contributed by atoms with Gasteiger partial charge in [-0.2, -0.15) is 4.58 Å². The van der Waals surface area contributed by atoms with Crippen molar-refractivity contribution >= 4 is 34.6 Å². The highest BCUT2D eigenvalue weighted by Crippen LogP contribution is 2.33. The monoisotopic (exact) mass is 330 g/mol.